The monoisotopic (exact) mass is 198 g/mol. The number of halogens is 1. The summed E-state index contributed by atoms with van der Waals surface area (Å²) in [6, 6.07) is 5.71. The Morgan fingerprint density at radius 2 is 1.92 bits per heavy atom. The lowest BCUT2D eigenvalue weighted by molar-refractivity contribution is -0.129. The van der Waals surface area contributed by atoms with E-state index in [2.05, 4.69) is 6.58 Å². The van der Waals surface area contributed by atoms with E-state index in [4.69, 9.17) is 21.4 Å². The Bertz CT molecular complexity index is 329. The van der Waals surface area contributed by atoms with Crippen LogP contribution in [-0.4, -0.2) is 11.1 Å². The Labute approximate surface area is 80.2 Å². The first-order valence-corrected chi connectivity index (χ1v) is 3.83. The molecule has 3 nitrogen and oxygen atoms in total. The first-order valence-electron chi connectivity index (χ1n) is 3.45. The van der Waals surface area contributed by atoms with Crippen molar-refractivity contribution in [3.63, 3.8) is 0 Å². The molecule has 0 unspecified atom stereocenters. The molecule has 0 saturated carbocycles. The second-order valence-electron chi connectivity index (χ2n) is 2.29. The summed E-state index contributed by atoms with van der Waals surface area (Å²) in [6.45, 7) is 3.21. The fourth-order valence-corrected chi connectivity index (χ4v) is 0.715. The number of phenolic OH excluding ortho intramolecular Hbond substituents is 1. The van der Waals surface area contributed by atoms with E-state index < -0.39 is 5.97 Å². The number of benzene rings is 1. The van der Waals surface area contributed by atoms with Crippen molar-refractivity contribution in [1.82, 2.24) is 0 Å². The van der Waals surface area contributed by atoms with Gasteiger partial charge in [-0.3, -0.25) is 0 Å². The van der Waals surface area contributed by atoms with E-state index in [1.54, 1.807) is 0 Å². The van der Waals surface area contributed by atoms with Crippen LogP contribution in [0.4, 0.5) is 0 Å². The summed E-state index contributed by atoms with van der Waals surface area (Å²) in [5.41, 5.74) is 0. The maximum absolute atomic E-state index is 10.9. The van der Waals surface area contributed by atoms with E-state index in [1.807, 2.05) is 0 Å². The standard InChI is InChI=1S/C9H7ClO3/c1-6(10)9(12)13-8-4-2-7(11)3-5-8/h2-5,11H,1H2. The van der Waals surface area contributed by atoms with E-state index in [1.165, 1.54) is 24.3 Å². The molecule has 1 rings (SSSR count). The Kier molecular flexibility index (Phi) is 2.93. The summed E-state index contributed by atoms with van der Waals surface area (Å²) in [4.78, 5) is 10.9. The molecule has 0 saturated heterocycles. The first kappa shape index (κ1) is 9.61. The molecule has 0 aliphatic carbocycles. The minimum atomic E-state index is -0.702. The predicted molar refractivity (Wildman–Crippen MR) is 48.7 cm³/mol. The average molecular weight is 199 g/mol. The highest BCUT2D eigenvalue weighted by molar-refractivity contribution is 6.41. The summed E-state index contributed by atoms with van der Waals surface area (Å²) in [5.74, 6) is -0.290. The highest BCUT2D eigenvalue weighted by Crippen LogP contribution is 2.17. The number of ether oxygens (including phenoxy) is 1. The second-order valence-corrected chi connectivity index (χ2v) is 2.74. The van der Waals surface area contributed by atoms with E-state index in [9.17, 15) is 4.79 Å². The molecule has 68 valence electrons. The number of aromatic hydroxyl groups is 1. The van der Waals surface area contributed by atoms with Crippen LogP contribution in [0, 0.1) is 0 Å². The molecular weight excluding hydrogens is 192 g/mol. The minimum Gasteiger partial charge on any atom is -0.508 e. The Hall–Kier alpha value is -1.48. The van der Waals surface area contributed by atoms with Crippen LogP contribution in [0.3, 0.4) is 0 Å². The van der Waals surface area contributed by atoms with Crippen molar-refractivity contribution >= 4 is 17.6 Å². The number of carbonyl (C=O) groups excluding carboxylic acids is 1. The Morgan fingerprint density at radius 3 is 2.38 bits per heavy atom. The largest absolute Gasteiger partial charge is 0.508 e. The normalized spacial score (nSPS) is 9.31. The summed E-state index contributed by atoms with van der Waals surface area (Å²) in [7, 11) is 0. The molecule has 1 aromatic rings. The van der Waals surface area contributed by atoms with Gasteiger partial charge >= 0.3 is 5.97 Å². The molecule has 0 atom stereocenters. The van der Waals surface area contributed by atoms with E-state index in [-0.39, 0.29) is 10.8 Å². The lowest BCUT2D eigenvalue weighted by Crippen LogP contribution is -2.06. The van der Waals surface area contributed by atoms with Gasteiger partial charge in [-0.05, 0) is 24.3 Å². The van der Waals surface area contributed by atoms with Crippen molar-refractivity contribution in [2.24, 2.45) is 0 Å². The van der Waals surface area contributed by atoms with Gasteiger partial charge in [-0.1, -0.05) is 18.2 Å². The van der Waals surface area contributed by atoms with Crippen LogP contribution >= 0.6 is 11.6 Å². The summed E-state index contributed by atoms with van der Waals surface area (Å²) in [6.07, 6.45) is 0. The second kappa shape index (κ2) is 3.96. The maximum atomic E-state index is 10.9. The molecule has 1 aromatic carbocycles. The van der Waals surface area contributed by atoms with Gasteiger partial charge in [0, 0.05) is 0 Å². The van der Waals surface area contributed by atoms with Crippen molar-refractivity contribution in [3.05, 3.63) is 35.9 Å². The smallest absolute Gasteiger partial charge is 0.354 e. The molecule has 0 amide bonds. The number of hydrogen-bond acceptors (Lipinski definition) is 3. The molecule has 0 heterocycles. The zero-order valence-corrected chi connectivity index (χ0v) is 7.41. The molecule has 1 N–H and O–H groups in total. The van der Waals surface area contributed by atoms with Gasteiger partial charge in [-0.15, -0.1) is 0 Å². The van der Waals surface area contributed by atoms with Gasteiger partial charge in [0.2, 0.25) is 0 Å². The van der Waals surface area contributed by atoms with Gasteiger partial charge in [0.25, 0.3) is 0 Å². The van der Waals surface area contributed by atoms with Gasteiger partial charge in [-0.25, -0.2) is 4.79 Å². The quantitative estimate of drug-likeness (QED) is 0.450. The number of phenols is 1. The van der Waals surface area contributed by atoms with Crippen LogP contribution in [0.2, 0.25) is 0 Å². The van der Waals surface area contributed by atoms with Crippen LogP contribution in [0.25, 0.3) is 0 Å². The van der Waals surface area contributed by atoms with Crippen molar-refractivity contribution in [3.8, 4) is 11.5 Å². The molecule has 0 aliphatic heterocycles. The van der Waals surface area contributed by atoms with Gasteiger partial charge in [0.1, 0.15) is 16.5 Å². The van der Waals surface area contributed by atoms with Crippen LogP contribution < -0.4 is 4.74 Å². The van der Waals surface area contributed by atoms with Crippen LogP contribution in [0.5, 0.6) is 11.5 Å². The third-order valence-electron chi connectivity index (χ3n) is 1.27. The fourth-order valence-electron chi connectivity index (χ4n) is 0.677. The average Bonchev–Trinajstić information content (AvgIpc) is 2.08. The highest BCUT2D eigenvalue weighted by atomic mass is 35.5. The van der Waals surface area contributed by atoms with Crippen molar-refractivity contribution in [2.45, 2.75) is 0 Å². The molecule has 0 aromatic heterocycles. The Balaban J connectivity index is 2.70. The zero-order chi connectivity index (χ0) is 9.84. The van der Waals surface area contributed by atoms with Gasteiger partial charge < -0.3 is 9.84 Å². The lowest BCUT2D eigenvalue weighted by atomic mass is 10.3. The van der Waals surface area contributed by atoms with Crippen LogP contribution in [-0.2, 0) is 4.79 Å². The van der Waals surface area contributed by atoms with Gasteiger partial charge in [0.15, 0.2) is 0 Å². The third-order valence-corrected chi connectivity index (χ3v) is 1.42. The number of carbonyl (C=O) groups is 1. The van der Waals surface area contributed by atoms with Crippen molar-refractivity contribution < 1.29 is 14.6 Å². The van der Waals surface area contributed by atoms with E-state index >= 15 is 0 Å². The Morgan fingerprint density at radius 1 is 1.38 bits per heavy atom. The SMILES string of the molecule is C=C(Cl)C(=O)Oc1ccc(O)cc1. The highest BCUT2D eigenvalue weighted by Gasteiger charge is 2.06. The topological polar surface area (TPSA) is 46.5 Å². The molecule has 13 heavy (non-hydrogen) atoms. The lowest BCUT2D eigenvalue weighted by Gasteiger charge is -2.01. The first-order chi connectivity index (χ1) is 6.09. The summed E-state index contributed by atoms with van der Waals surface area (Å²) in [5, 5.41) is 8.73. The molecule has 4 heteroatoms. The van der Waals surface area contributed by atoms with Crippen LogP contribution in [0.15, 0.2) is 35.9 Å². The molecule has 0 aliphatic rings. The summed E-state index contributed by atoms with van der Waals surface area (Å²) >= 11 is 5.29. The third kappa shape index (κ3) is 2.80. The van der Waals surface area contributed by atoms with Gasteiger partial charge in [-0.2, -0.15) is 0 Å². The zero-order valence-electron chi connectivity index (χ0n) is 6.66. The molecule has 0 bridgehead atoms. The summed E-state index contributed by atoms with van der Waals surface area (Å²) < 4.78 is 4.75. The van der Waals surface area contributed by atoms with Crippen LogP contribution in [0.1, 0.15) is 0 Å². The van der Waals surface area contributed by atoms with E-state index in [0.29, 0.717) is 5.75 Å². The molecule has 0 spiro atoms. The number of rotatable bonds is 2. The minimum absolute atomic E-state index is 0.101. The van der Waals surface area contributed by atoms with Crippen molar-refractivity contribution in [2.75, 3.05) is 0 Å². The number of esters is 1. The fraction of sp³-hybridized carbons (Fsp3) is 0. The molecule has 0 fully saturated rings. The maximum Gasteiger partial charge on any atom is 0.354 e. The molecule has 0 radical (unpaired) electrons. The molecular formula is C9H7ClO3. The number of hydrogen-bond donors (Lipinski definition) is 1. The predicted octanol–water partition coefficient (Wildman–Crippen LogP) is 2.05. The van der Waals surface area contributed by atoms with Crippen molar-refractivity contribution in [1.29, 1.82) is 0 Å². The van der Waals surface area contributed by atoms with Gasteiger partial charge in [0.05, 0.1) is 0 Å². The van der Waals surface area contributed by atoms with E-state index in [0.717, 1.165) is 0 Å².